The number of ether oxygens (including phenoxy) is 2. The van der Waals surface area contributed by atoms with Gasteiger partial charge in [0.1, 0.15) is 29.3 Å². The van der Waals surface area contributed by atoms with Crippen LogP contribution in [0.1, 0.15) is 74.7 Å². The Labute approximate surface area is 245 Å². The highest BCUT2D eigenvalue weighted by atomic mass is 16.6. The van der Waals surface area contributed by atoms with Crippen LogP contribution in [0.3, 0.4) is 0 Å². The maximum absolute atomic E-state index is 13.2. The zero-order chi connectivity index (χ0) is 33.0. The topological polar surface area (TPSA) is 258 Å². The van der Waals surface area contributed by atoms with Crippen LogP contribution in [0.2, 0.25) is 0 Å². The molecule has 0 heterocycles. The Morgan fingerprint density at radius 2 is 1.26 bits per heavy atom. The van der Waals surface area contributed by atoms with E-state index in [0.29, 0.717) is 0 Å². The second-order valence-corrected chi connectivity index (χ2v) is 11.7. The fourth-order valence-electron chi connectivity index (χ4n) is 3.19. The number of nitrogens with one attached hydrogen (secondary N) is 4. The Balaban J connectivity index is 5.78. The first-order chi connectivity index (χ1) is 19.0. The van der Waals surface area contributed by atoms with Crippen LogP contribution in [-0.4, -0.2) is 94.6 Å². The van der Waals surface area contributed by atoms with Gasteiger partial charge in [0.15, 0.2) is 0 Å². The van der Waals surface area contributed by atoms with E-state index in [-0.39, 0.29) is 12.8 Å². The lowest BCUT2D eigenvalue weighted by molar-refractivity contribution is -0.157. The van der Waals surface area contributed by atoms with E-state index in [0.717, 1.165) is 0 Å². The van der Waals surface area contributed by atoms with Gasteiger partial charge in [0, 0.05) is 6.42 Å². The minimum Gasteiger partial charge on any atom is -0.460 e. The van der Waals surface area contributed by atoms with Crippen molar-refractivity contribution in [3.8, 4) is 0 Å². The average Bonchev–Trinajstić information content (AvgIpc) is 2.79. The molecule has 16 nitrogen and oxygen atoms in total. The molecular formula is C26H46N6O10. The number of aliphatic hydroxyl groups is 1. The van der Waals surface area contributed by atoms with Crippen molar-refractivity contribution in [3.63, 3.8) is 0 Å². The first-order valence-electron chi connectivity index (χ1n) is 13.4. The number of rotatable bonds is 15. The maximum Gasteiger partial charge on any atom is 0.308 e. The highest BCUT2D eigenvalue weighted by Gasteiger charge is 2.34. The van der Waals surface area contributed by atoms with E-state index in [1.165, 1.54) is 13.8 Å². The summed E-state index contributed by atoms with van der Waals surface area (Å²) in [7, 11) is 0. The standard InChI is InChI=1S/C26H46N6O10/c1-13(27)22(38)29-12-17(34)32-20(14(2)33)24(40)31-16(11-19(36)42-26(6,7)8)23(39)30-15(21(28)37)9-10-18(35)41-25(3,4)5/h13-16,20,33H,9-12,27H2,1-8H3,(H2,28,37)(H,29,38)(H,30,39)(H,31,40)(H,32,34)/t13-,14+,15+,16-,20-/m0/s1. The molecule has 0 aromatic heterocycles. The van der Waals surface area contributed by atoms with E-state index in [1.807, 2.05) is 0 Å². The molecule has 0 aliphatic rings. The molecule has 9 N–H and O–H groups in total. The average molecular weight is 603 g/mol. The summed E-state index contributed by atoms with van der Waals surface area (Å²) < 4.78 is 10.4. The number of carbonyl (C=O) groups excluding carboxylic acids is 7. The maximum atomic E-state index is 13.2. The zero-order valence-electron chi connectivity index (χ0n) is 25.5. The Morgan fingerprint density at radius 3 is 1.71 bits per heavy atom. The van der Waals surface area contributed by atoms with Gasteiger partial charge in [-0.2, -0.15) is 0 Å². The van der Waals surface area contributed by atoms with E-state index >= 15 is 0 Å². The van der Waals surface area contributed by atoms with Crippen molar-refractivity contribution in [1.29, 1.82) is 0 Å². The molecule has 5 amide bonds. The Hall–Kier alpha value is -3.79. The van der Waals surface area contributed by atoms with E-state index in [4.69, 9.17) is 20.9 Å². The van der Waals surface area contributed by atoms with Crippen LogP contribution in [0.15, 0.2) is 0 Å². The van der Waals surface area contributed by atoms with Crippen molar-refractivity contribution in [2.24, 2.45) is 11.5 Å². The molecule has 0 aliphatic carbocycles. The lowest BCUT2D eigenvalue weighted by Crippen LogP contribution is -2.59. The minimum absolute atomic E-state index is 0.234. The molecule has 0 saturated carbocycles. The van der Waals surface area contributed by atoms with Gasteiger partial charge in [-0.25, -0.2) is 0 Å². The van der Waals surface area contributed by atoms with Gasteiger partial charge in [0.25, 0.3) is 0 Å². The zero-order valence-corrected chi connectivity index (χ0v) is 25.5. The molecule has 240 valence electrons. The normalized spacial score (nSPS) is 15.1. The summed E-state index contributed by atoms with van der Waals surface area (Å²) in [6, 6.07) is -5.53. The number of primary amides is 1. The summed E-state index contributed by atoms with van der Waals surface area (Å²) >= 11 is 0. The SMILES string of the molecule is C[C@H](N)C(=O)NCC(=O)N[C@H](C(=O)N[C@@H](CC(=O)OC(C)(C)C)C(=O)N[C@H](CCC(=O)OC(C)(C)C)C(N)=O)[C@@H](C)O. The fourth-order valence-corrected chi connectivity index (χ4v) is 3.19. The summed E-state index contributed by atoms with van der Waals surface area (Å²) in [6.07, 6.45) is -2.68. The van der Waals surface area contributed by atoms with Crippen LogP contribution >= 0.6 is 0 Å². The smallest absolute Gasteiger partial charge is 0.308 e. The Morgan fingerprint density at radius 1 is 0.762 bits per heavy atom. The van der Waals surface area contributed by atoms with Gasteiger partial charge in [-0.15, -0.1) is 0 Å². The lowest BCUT2D eigenvalue weighted by atomic mass is 10.1. The van der Waals surface area contributed by atoms with Crippen molar-refractivity contribution < 1.29 is 48.1 Å². The van der Waals surface area contributed by atoms with E-state index in [2.05, 4.69) is 21.3 Å². The Bertz CT molecular complexity index is 1000. The highest BCUT2D eigenvalue weighted by Crippen LogP contribution is 2.12. The van der Waals surface area contributed by atoms with Crippen molar-refractivity contribution in [2.45, 2.75) is 116 Å². The Kier molecular flexibility index (Phi) is 15.1. The number of aliphatic hydroxyl groups excluding tert-OH is 1. The molecule has 0 rings (SSSR count). The highest BCUT2D eigenvalue weighted by molar-refractivity contribution is 5.96. The van der Waals surface area contributed by atoms with Crippen LogP contribution in [0.4, 0.5) is 0 Å². The van der Waals surface area contributed by atoms with Crippen LogP contribution in [-0.2, 0) is 43.0 Å². The van der Waals surface area contributed by atoms with Crippen LogP contribution in [0.25, 0.3) is 0 Å². The van der Waals surface area contributed by atoms with Gasteiger partial charge < -0.3 is 47.3 Å². The predicted octanol–water partition coefficient (Wildman–Crippen LogP) is -2.38. The van der Waals surface area contributed by atoms with Gasteiger partial charge in [-0.3, -0.25) is 33.6 Å². The summed E-state index contributed by atoms with van der Waals surface area (Å²) in [5, 5.41) is 19.2. The van der Waals surface area contributed by atoms with E-state index < -0.39 is 95.9 Å². The van der Waals surface area contributed by atoms with Gasteiger partial charge in [0.2, 0.25) is 29.5 Å². The quantitative estimate of drug-likeness (QED) is 0.0974. The van der Waals surface area contributed by atoms with Crippen LogP contribution in [0, 0.1) is 0 Å². The summed E-state index contributed by atoms with van der Waals surface area (Å²) in [5.74, 6) is -6.09. The molecule has 0 bridgehead atoms. The fraction of sp³-hybridized carbons (Fsp3) is 0.731. The van der Waals surface area contributed by atoms with Crippen LogP contribution < -0.4 is 32.7 Å². The number of hydrogen-bond donors (Lipinski definition) is 7. The molecule has 0 saturated heterocycles. The molecule has 0 radical (unpaired) electrons. The molecular weight excluding hydrogens is 556 g/mol. The number of hydrogen-bond acceptors (Lipinski definition) is 11. The second-order valence-electron chi connectivity index (χ2n) is 11.7. The van der Waals surface area contributed by atoms with Crippen molar-refractivity contribution in [2.75, 3.05) is 6.54 Å². The molecule has 0 spiro atoms. The number of carbonyl (C=O) groups is 7. The van der Waals surface area contributed by atoms with Gasteiger partial charge >= 0.3 is 11.9 Å². The molecule has 0 unspecified atom stereocenters. The molecule has 5 atom stereocenters. The molecule has 0 aliphatic heterocycles. The third-order valence-electron chi connectivity index (χ3n) is 5.06. The number of amides is 5. The van der Waals surface area contributed by atoms with Gasteiger partial charge in [-0.05, 0) is 61.8 Å². The second kappa shape index (κ2) is 16.6. The molecule has 16 heteroatoms. The summed E-state index contributed by atoms with van der Waals surface area (Å²) in [6.45, 7) is 11.7. The summed E-state index contributed by atoms with van der Waals surface area (Å²) in [5.41, 5.74) is 9.09. The number of esters is 2. The van der Waals surface area contributed by atoms with Gasteiger partial charge in [-0.1, -0.05) is 0 Å². The first-order valence-corrected chi connectivity index (χ1v) is 13.4. The van der Waals surface area contributed by atoms with E-state index in [1.54, 1.807) is 41.5 Å². The van der Waals surface area contributed by atoms with Crippen molar-refractivity contribution >= 4 is 41.5 Å². The molecule has 0 fully saturated rings. The predicted molar refractivity (Wildman–Crippen MR) is 149 cm³/mol. The molecule has 42 heavy (non-hydrogen) atoms. The first kappa shape index (κ1) is 38.2. The van der Waals surface area contributed by atoms with Crippen molar-refractivity contribution in [3.05, 3.63) is 0 Å². The largest absolute Gasteiger partial charge is 0.460 e. The van der Waals surface area contributed by atoms with Crippen LogP contribution in [0.5, 0.6) is 0 Å². The minimum atomic E-state index is -1.65. The molecule has 0 aromatic carbocycles. The van der Waals surface area contributed by atoms with Gasteiger partial charge in [0.05, 0.1) is 25.1 Å². The molecule has 0 aromatic rings. The third-order valence-corrected chi connectivity index (χ3v) is 5.06. The monoisotopic (exact) mass is 602 g/mol. The van der Waals surface area contributed by atoms with Crippen molar-refractivity contribution in [1.82, 2.24) is 21.3 Å². The lowest BCUT2D eigenvalue weighted by Gasteiger charge is -2.27. The third kappa shape index (κ3) is 16.5. The number of nitrogens with two attached hydrogens (primary N) is 2. The summed E-state index contributed by atoms with van der Waals surface area (Å²) in [4.78, 5) is 86.7. The van der Waals surface area contributed by atoms with E-state index in [9.17, 15) is 38.7 Å².